The minimum absolute atomic E-state index is 0.222. The Bertz CT molecular complexity index is 513. The molecule has 1 amide bonds. The number of halogens is 1. The average Bonchev–Trinajstić information content (AvgIpc) is 2.57. The quantitative estimate of drug-likeness (QED) is 0.643. The zero-order valence-corrected chi connectivity index (χ0v) is 10.1. The van der Waals surface area contributed by atoms with Crippen molar-refractivity contribution in [1.82, 2.24) is 10.2 Å². The smallest absolute Gasteiger partial charge is 0.276 e. The van der Waals surface area contributed by atoms with Crippen molar-refractivity contribution < 1.29 is 9.18 Å². The van der Waals surface area contributed by atoms with E-state index in [0.29, 0.717) is 22.9 Å². The summed E-state index contributed by atoms with van der Waals surface area (Å²) in [5, 5.41) is 3.14. The second-order valence-corrected chi connectivity index (χ2v) is 3.95. The van der Waals surface area contributed by atoms with Crippen LogP contribution in [0.5, 0.6) is 0 Å². The molecule has 0 spiro atoms. The maximum absolute atomic E-state index is 13.4. The number of carbonyl (C=O) groups excluding carboxylic acids is 1. The van der Waals surface area contributed by atoms with Gasteiger partial charge in [0, 0.05) is 12.1 Å². The number of likely N-dealkylation sites (N-methyl/N-ethyl adjacent to an activating group) is 1. The van der Waals surface area contributed by atoms with Crippen LogP contribution in [0.15, 0.2) is 30.0 Å². The van der Waals surface area contributed by atoms with Gasteiger partial charge in [0.25, 0.3) is 5.91 Å². The van der Waals surface area contributed by atoms with E-state index in [1.54, 1.807) is 18.2 Å². The topological polar surface area (TPSA) is 32.3 Å². The van der Waals surface area contributed by atoms with Crippen molar-refractivity contribution in [2.24, 2.45) is 0 Å². The molecule has 1 aromatic carbocycles. The Morgan fingerprint density at radius 2 is 2.18 bits per heavy atom. The molecule has 1 saturated heterocycles. The lowest BCUT2D eigenvalue weighted by Crippen LogP contribution is -2.30. The summed E-state index contributed by atoms with van der Waals surface area (Å²) >= 11 is 5.00. The van der Waals surface area contributed by atoms with Gasteiger partial charge in [0.2, 0.25) is 0 Å². The molecule has 1 fully saturated rings. The van der Waals surface area contributed by atoms with Crippen molar-refractivity contribution in [3.8, 4) is 0 Å². The molecule has 5 heteroatoms. The number of nitrogens with zero attached hydrogens (tertiary/aromatic N) is 1. The first-order valence-corrected chi connectivity index (χ1v) is 5.63. The minimum Gasteiger partial charge on any atom is -0.328 e. The van der Waals surface area contributed by atoms with Crippen LogP contribution in [0.25, 0.3) is 6.08 Å². The molecule has 1 aromatic rings. The van der Waals surface area contributed by atoms with Crippen molar-refractivity contribution in [3.05, 3.63) is 41.3 Å². The van der Waals surface area contributed by atoms with Crippen LogP contribution in [-0.4, -0.2) is 22.5 Å². The first-order chi connectivity index (χ1) is 8.13. The molecule has 2 rings (SSSR count). The van der Waals surface area contributed by atoms with Gasteiger partial charge in [0.05, 0.1) is 0 Å². The van der Waals surface area contributed by atoms with Gasteiger partial charge in [0.15, 0.2) is 5.11 Å². The summed E-state index contributed by atoms with van der Waals surface area (Å²) in [5.41, 5.74) is 0.672. The lowest BCUT2D eigenvalue weighted by molar-refractivity contribution is -0.122. The third kappa shape index (κ3) is 2.19. The zero-order valence-electron chi connectivity index (χ0n) is 9.24. The van der Waals surface area contributed by atoms with Crippen LogP contribution in [0, 0.1) is 5.82 Å². The number of thiocarbonyl (C=S) groups is 1. The number of hydrogen-bond donors (Lipinski definition) is 1. The number of benzene rings is 1. The summed E-state index contributed by atoms with van der Waals surface area (Å²) in [6.45, 7) is 2.33. The van der Waals surface area contributed by atoms with E-state index < -0.39 is 0 Å². The Morgan fingerprint density at radius 3 is 2.76 bits per heavy atom. The molecule has 1 aliphatic rings. The van der Waals surface area contributed by atoms with Gasteiger partial charge in [-0.15, -0.1) is 0 Å². The Balaban J connectivity index is 2.34. The predicted molar refractivity (Wildman–Crippen MR) is 67.5 cm³/mol. The highest BCUT2D eigenvalue weighted by Gasteiger charge is 2.29. The van der Waals surface area contributed by atoms with Gasteiger partial charge in [-0.25, -0.2) is 4.39 Å². The second-order valence-electron chi connectivity index (χ2n) is 3.56. The van der Waals surface area contributed by atoms with E-state index in [1.807, 2.05) is 6.92 Å². The molecule has 0 atom stereocenters. The number of nitrogens with one attached hydrogen (secondary N) is 1. The van der Waals surface area contributed by atoms with Crippen LogP contribution in [0.2, 0.25) is 0 Å². The Morgan fingerprint density at radius 1 is 1.47 bits per heavy atom. The van der Waals surface area contributed by atoms with Crippen molar-refractivity contribution in [2.45, 2.75) is 6.92 Å². The standard InChI is InChI=1S/C12H11FN2OS/c1-2-15-11(16)10(14-12(15)17)7-8-5-3-4-6-9(8)13/h3-7H,2H2,1H3,(H,14,17)/b10-7+. The summed E-state index contributed by atoms with van der Waals surface area (Å²) in [5.74, 6) is -0.587. The lowest BCUT2D eigenvalue weighted by atomic mass is 10.2. The number of amides is 1. The molecule has 0 aromatic heterocycles. The molecule has 1 heterocycles. The summed E-state index contributed by atoms with van der Waals surface area (Å²) in [6, 6.07) is 6.27. The van der Waals surface area contributed by atoms with Crippen molar-refractivity contribution >= 4 is 29.3 Å². The van der Waals surface area contributed by atoms with Gasteiger partial charge in [-0.3, -0.25) is 9.69 Å². The summed E-state index contributed by atoms with van der Waals surface area (Å²) in [4.78, 5) is 13.3. The molecule has 0 radical (unpaired) electrons. The molecular weight excluding hydrogens is 239 g/mol. The van der Waals surface area contributed by atoms with Gasteiger partial charge in [-0.2, -0.15) is 0 Å². The molecule has 0 saturated carbocycles. The number of carbonyl (C=O) groups is 1. The van der Waals surface area contributed by atoms with E-state index in [1.165, 1.54) is 17.0 Å². The highest BCUT2D eigenvalue weighted by atomic mass is 32.1. The SMILES string of the molecule is CCN1C(=O)/C(=C\c2ccccc2F)NC1=S. The molecule has 0 aliphatic carbocycles. The summed E-state index contributed by atoms with van der Waals surface area (Å²) in [7, 11) is 0. The summed E-state index contributed by atoms with van der Waals surface area (Å²) < 4.78 is 13.4. The van der Waals surface area contributed by atoms with Crippen LogP contribution < -0.4 is 5.32 Å². The number of hydrogen-bond acceptors (Lipinski definition) is 2. The fourth-order valence-corrected chi connectivity index (χ4v) is 1.93. The molecular formula is C12H11FN2OS. The van der Waals surface area contributed by atoms with Crippen LogP contribution in [0.1, 0.15) is 12.5 Å². The van der Waals surface area contributed by atoms with E-state index in [-0.39, 0.29) is 11.7 Å². The van der Waals surface area contributed by atoms with E-state index in [9.17, 15) is 9.18 Å². The first-order valence-electron chi connectivity index (χ1n) is 5.22. The van der Waals surface area contributed by atoms with Crippen molar-refractivity contribution in [1.29, 1.82) is 0 Å². The van der Waals surface area contributed by atoms with Crippen molar-refractivity contribution in [3.63, 3.8) is 0 Å². The first kappa shape index (κ1) is 11.7. The highest BCUT2D eigenvalue weighted by molar-refractivity contribution is 7.80. The largest absolute Gasteiger partial charge is 0.328 e. The monoisotopic (exact) mass is 250 g/mol. The predicted octanol–water partition coefficient (Wildman–Crippen LogP) is 1.90. The van der Waals surface area contributed by atoms with Crippen LogP contribution in [-0.2, 0) is 4.79 Å². The normalized spacial score (nSPS) is 17.8. The highest BCUT2D eigenvalue weighted by Crippen LogP contribution is 2.15. The van der Waals surface area contributed by atoms with E-state index >= 15 is 0 Å². The average molecular weight is 250 g/mol. The van der Waals surface area contributed by atoms with Crippen molar-refractivity contribution in [2.75, 3.05) is 6.54 Å². The number of rotatable bonds is 2. The third-order valence-corrected chi connectivity index (χ3v) is 2.81. The molecule has 1 aliphatic heterocycles. The Labute approximate surface area is 104 Å². The van der Waals surface area contributed by atoms with E-state index in [2.05, 4.69) is 5.32 Å². The van der Waals surface area contributed by atoms with Crippen LogP contribution in [0.3, 0.4) is 0 Å². The zero-order chi connectivity index (χ0) is 12.4. The Hall–Kier alpha value is -1.75. The third-order valence-electron chi connectivity index (χ3n) is 2.48. The van der Waals surface area contributed by atoms with Gasteiger partial charge in [-0.1, -0.05) is 18.2 Å². The second kappa shape index (κ2) is 4.63. The van der Waals surface area contributed by atoms with E-state index in [0.717, 1.165) is 0 Å². The molecule has 0 bridgehead atoms. The van der Waals surface area contributed by atoms with Crippen LogP contribution in [0.4, 0.5) is 4.39 Å². The molecule has 0 unspecified atom stereocenters. The van der Waals surface area contributed by atoms with Gasteiger partial charge in [0.1, 0.15) is 11.5 Å². The lowest BCUT2D eigenvalue weighted by Gasteiger charge is -2.08. The summed E-state index contributed by atoms with van der Waals surface area (Å²) in [6.07, 6.45) is 1.47. The fourth-order valence-electron chi connectivity index (χ4n) is 1.61. The van der Waals surface area contributed by atoms with Gasteiger partial charge in [-0.05, 0) is 31.3 Å². The molecule has 88 valence electrons. The van der Waals surface area contributed by atoms with Gasteiger partial charge >= 0.3 is 0 Å². The maximum Gasteiger partial charge on any atom is 0.276 e. The fraction of sp³-hybridized carbons (Fsp3) is 0.167. The molecule has 1 N–H and O–H groups in total. The van der Waals surface area contributed by atoms with E-state index in [4.69, 9.17) is 12.2 Å². The minimum atomic E-state index is -0.365. The van der Waals surface area contributed by atoms with Crippen LogP contribution >= 0.6 is 12.2 Å². The maximum atomic E-state index is 13.4. The molecule has 3 nitrogen and oxygen atoms in total. The Kier molecular flexibility index (Phi) is 3.19. The van der Waals surface area contributed by atoms with Gasteiger partial charge < -0.3 is 5.32 Å². The molecule has 17 heavy (non-hydrogen) atoms.